The van der Waals surface area contributed by atoms with Gasteiger partial charge in [-0.3, -0.25) is 14.9 Å². The molecule has 1 aliphatic carbocycles. The summed E-state index contributed by atoms with van der Waals surface area (Å²) in [6, 6.07) is 4.57. The SMILES string of the molecule is Cc1ccc(C(=O)NCC2CCCC2Br)cc1[N+](=O)[O-]. The van der Waals surface area contributed by atoms with Crippen molar-refractivity contribution in [1.82, 2.24) is 5.32 Å². The monoisotopic (exact) mass is 340 g/mol. The Morgan fingerprint density at radius 3 is 2.85 bits per heavy atom. The first kappa shape index (κ1) is 15.0. The van der Waals surface area contributed by atoms with E-state index < -0.39 is 4.92 Å². The fraction of sp³-hybridized carbons (Fsp3) is 0.500. The van der Waals surface area contributed by atoms with Gasteiger partial charge in [-0.2, -0.15) is 0 Å². The number of hydrogen-bond acceptors (Lipinski definition) is 3. The highest BCUT2D eigenvalue weighted by molar-refractivity contribution is 9.09. The van der Waals surface area contributed by atoms with Crippen LogP contribution in [0, 0.1) is 23.0 Å². The summed E-state index contributed by atoms with van der Waals surface area (Å²) in [6.07, 6.45) is 3.41. The number of nitrogens with zero attached hydrogens (tertiary/aromatic N) is 1. The van der Waals surface area contributed by atoms with E-state index in [9.17, 15) is 14.9 Å². The largest absolute Gasteiger partial charge is 0.352 e. The Hall–Kier alpha value is -1.43. The molecule has 1 aromatic carbocycles. The maximum atomic E-state index is 12.0. The lowest BCUT2D eigenvalue weighted by atomic mass is 10.1. The standard InChI is InChI=1S/C14H17BrN2O3/c1-9-5-6-10(7-13(9)17(19)20)14(18)16-8-11-3-2-4-12(11)15/h5-7,11-12H,2-4,8H2,1H3,(H,16,18). The smallest absolute Gasteiger partial charge is 0.273 e. The topological polar surface area (TPSA) is 72.2 Å². The number of aryl methyl sites for hydroxylation is 1. The predicted molar refractivity (Wildman–Crippen MR) is 80.2 cm³/mol. The number of hydrogen-bond donors (Lipinski definition) is 1. The molecule has 0 heterocycles. The summed E-state index contributed by atoms with van der Waals surface area (Å²) in [4.78, 5) is 22.9. The number of benzene rings is 1. The average molecular weight is 341 g/mol. The van der Waals surface area contributed by atoms with Crippen molar-refractivity contribution in [3.8, 4) is 0 Å². The average Bonchev–Trinajstić information content (AvgIpc) is 2.81. The van der Waals surface area contributed by atoms with E-state index in [-0.39, 0.29) is 11.6 Å². The first-order chi connectivity index (χ1) is 9.49. The first-order valence-electron chi connectivity index (χ1n) is 6.66. The van der Waals surface area contributed by atoms with Gasteiger partial charge in [-0.1, -0.05) is 28.4 Å². The van der Waals surface area contributed by atoms with Crippen LogP contribution in [0.1, 0.15) is 35.2 Å². The summed E-state index contributed by atoms with van der Waals surface area (Å²) in [7, 11) is 0. The van der Waals surface area contributed by atoms with Crippen LogP contribution < -0.4 is 5.32 Å². The van der Waals surface area contributed by atoms with Crippen LogP contribution in [0.4, 0.5) is 5.69 Å². The quantitative estimate of drug-likeness (QED) is 0.519. The van der Waals surface area contributed by atoms with Gasteiger partial charge in [0.15, 0.2) is 0 Å². The minimum Gasteiger partial charge on any atom is -0.352 e. The summed E-state index contributed by atoms with van der Waals surface area (Å²) in [5, 5.41) is 13.7. The summed E-state index contributed by atoms with van der Waals surface area (Å²) in [5.74, 6) is 0.194. The molecule has 1 saturated carbocycles. The molecule has 108 valence electrons. The molecule has 0 radical (unpaired) electrons. The van der Waals surface area contributed by atoms with Gasteiger partial charge in [-0.05, 0) is 31.7 Å². The van der Waals surface area contributed by atoms with Crippen LogP contribution in [0.3, 0.4) is 0 Å². The van der Waals surface area contributed by atoms with Crippen LogP contribution in [-0.4, -0.2) is 22.2 Å². The zero-order chi connectivity index (χ0) is 14.7. The first-order valence-corrected chi connectivity index (χ1v) is 7.58. The lowest BCUT2D eigenvalue weighted by Crippen LogP contribution is -2.31. The molecule has 0 bridgehead atoms. The third kappa shape index (κ3) is 3.36. The number of carbonyl (C=O) groups excluding carboxylic acids is 1. The van der Waals surface area contributed by atoms with Crippen molar-refractivity contribution in [2.45, 2.75) is 31.0 Å². The van der Waals surface area contributed by atoms with Crippen LogP contribution >= 0.6 is 15.9 Å². The molecule has 1 aliphatic rings. The van der Waals surface area contributed by atoms with E-state index in [0.29, 0.717) is 28.4 Å². The maximum Gasteiger partial charge on any atom is 0.273 e. The molecule has 0 spiro atoms. The van der Waals surface area contributed by atoms with E-state index in [4.69, 9.17) is 0 Å². The molecule has 0 saturated heterocycles. The number of rotatable bonds is 4. The molecular formula is C14H17BrN2O3. The zero-order valence-corrected chi connectivity index (χ0v) is 12.9. The molecule has 1 aromatic rings. The number of amides is 1. The highest BCUT2D eigenvalue weighted by Gasteiger charge is 2.25. The van der Waals surface area contributed by atoms with Gasteiger partial charge in [0.2, 0.25) is 0 Å². The van der Waals surface area contributed by atoms with Crippen molar-refractivity contribution in [3.63, 3.8) is 0 Å². The highest BCUT2D eigenvalue weighted by atomic mass is 79.9. The molecule has 1 fully saturated rings. The molecule has 6 heteroatoms. The van der Waals surface area contributed by atoms with Gasteiger partial charge in [0.25, 0.3) is 11.6 Å². The Kier molecular flexibility index (Phi) is 4.75. The maximum absolute atomic E-state index is 12.0. The van der Waals surface area contributed by atoms with E-state index in [0.717, 1.165) is 12.8 Å². The van der Waals surface area contributed by atoms with Crippen molar-refractivity contribution >= 4 is 27.5 Å². The number of halogens is 1. The lowest BCUT2D eigenvalue weighted by molar-refractivity contribution is -0.385. The predicted octanol–water partition coefficient (Wildman–Crippen LogP) is 3.20. The van der Waals surface area contributed by atoms with Crippen molar-refractivity contribution in [2.24, 2.45) is 5.92 Å². The second-order valence-electron chi connectivity index (χ2n) is 5.18. The lowest BCUT2D eigenvalue weighted by Gasteiger charge is -2.14. The van der Waals surface area contributed by atoms with E-state index in [1.54, 1.807) is 19.1 Å². The van der Waals surface area contributed by atoms with Crippen molar-refractivity contribution < 1.29 is 9.72 Å². The minimum atomic E-state index is -0.461. The summed E-state index contributed by atoms with van der Waals surface area (Å²) >= 11 is 3.61. The van der Waals surface area contributed by atoms with Gasteiger partial charge in [0.1, 0.15) is 0 Å². The van der Waals surface area contributed by atoms with Gasteiger partial charge in [0.05, 0.1) is 4.92 Å². The van der Waals surface area contributed by atoms with Crippen LogP contribution in [0.25, 0.3) is 0 Å². The van der Waals surface area contributed by atoms with E-state index >= 15 is 0 Å². The van der Waals surface area contributed by atoms with E-state index in [1.807, 2.05) is 0 Å². The second-order valence-corrected chi connectivity index (χ2v) is 6.35. The number of nitro groups is 1. The van der Waals surface area contributed by atoms with E-state index in [2.05, 4.69) is 21.2 Å². The molecule has 2 unspecified atom stereocenters. The Morgan fingerprint density at radius 1 is 1.50 bits per heavy atom. The zero-order valence-electron chi connectivity index (χ0n) is 11.3. The minimum absolute atomic E-state index is 0.0168. The summed E-state index contributed by atoms with van der Waals surface area (Å²) in [6.45, 7) is 2.27. The molecule has 1 N–H and O–H groups in total. The molecule has 0 aromatic heterocycles. The molecule has 5 nitrogen and oxygen atoms in total. The Balaban J connectivity index is 2.02. The molecule has 2 rings (SSSR count). The van der Waals surface area contributed by atoms with E-state index in [1.165, 1.54) is 12.5 Å². The van der Waals surface area contributed by atoms with Crippen LogP contribution in [0.5, 0.6) is 0 Å². The third-order valence-electron chi connectivity index (χ3n) is 3.76. The highest BCUT2D eigenvalue weighted by Crippen LogP contribution is 2.30. The molecule has 20 heavy (non-hydrogen) atoms. The Bertz CT molecular complexity index is 533. The Morgan fingerprint density at radius 2 is 2.25 bits per heavy atom. The molecule has 1 amide bonds. The van der Waals surface area contributed by atoms with Gasteiger partial charge in [-0.25, -0.2) is 0 Å². The molecule has 0 aliphatic heterocycles. The van der Waals surface area contributed by atoms with Gasteiger partial charge >= 0.3 is 0 Å². The van der Waals surface area contributed by atoms with Gasteiger partial charge in [-0.15, -0.1) is 0 Å². The molecule has 2 atom stereocenters. The number of carbonyl (C=O) groups is 1. The normalized spacial score (nSPS) is 21.7. The molecular weight excluding hydrogens is 324 g/mol. The third-order valence-corrected chi connectivity index (χ3v) is 4.96. The summed E-state index contributed by atoms with van der Waals surface area (Å²) in [5.41, 5.74) is 0.881. The van der Waals surface area contributed by atoms with Crippen molar-refractivity contribution in [3.05, 3.63) is 39.4 Å². The van der Waals surface area contributed by atoms with Crippen LogP contribution in [0.15, 0.2) is 18.2 Å². The van der Waals surface area contributed by atoms with Gasteiger partial charge in [0, 0.05) is 28.6 Å². The number of nitro benzene ring substituents is 1. The number of nitrogens with one attached hydrogen (secondary N) is 1. The fourth-order valence-electron chi connectivity index (χ4n) is 2.49. The van der Waals surface area contributed by atoms with Crippen LogP contribution in [0.2, 0.25) is 0 Å². The fourth-order valence-corrected chi connectivity index (χ4v) is 3.27. The number of alkyl halides is 1. The van der Waals surface area contributed by atoms with Gasteiger partial charge < -0.3 is 5.32 Å². The van der Waals surface area contributed by atoms with Crippen LogP contribution in [-0.2, 0) is 0 Å². The Labute approximate surface area is 126 Å². The second kappa shape index (κ2) is 6.35. The van der Waals surface area contributed by atoms with Crippen molar-refractivity contribution in [2.75, 3.05) is 6.54 Å². The summed E-state index contributed by atoms with van der Waals surface area (Å²) < 4.78 is 0. The van der Waals surface area contributed by atoms with Crippen molar-refractivity contribution in [1.29, 1.82) is 0 Å².